The standard InChI is InChI=1S/C19H13ClN4.C19H13FN4.C19H14N4.C18H13ClN4O.C18H13N5.C17H12N4O/c20-15-10-14(9-13-7-4-8-22-17(13)15)18-19(24-16(21)11-23-18)12-5-2-1-3-6-12;20-15-6-3-12(4-7-15)19-18(23-11-17(21)24-19)14-5-8-16-13(10-14)2-1-9-22-16;20-17-12-22-18(19(23-17)13-5-2-1-3-6-13)15-8-9-16-14(11-15)7-4-10-21-16;1-10-4-5-14(24-10)18-17(22-9-15(20)23-18)12-7-11-3-2-6-21-16(11)13(19)8-12;19-16-11-22-17(18(23-16)12-4-2-1-3-5-12)13-6-7-14-15(10-13)21-9-8-20-14;18-9-13-8-12(6-7-14(13)22)16-17(21-15(19)10-20-16)11-4-2-1-3-5-11/h2*1-11H,(H2,21,24);1-12H,(H2,20,23);2-9H,1H3,(H2,20,23);1-11H,(H2,19,23);1-8,10,22H,(H2,19,21). The number of phenolic OH excluding ortho intramolecular Hbond substituents is 1. The van der Waals surface area contributed by atoms with Gasteiger partial charge in [-0.3, -0.25) is 54.8 Å². The van der Waals surface area contributed by atoms with Gasteiger partial charge in [0.2, 0.25) is 0 Å². The van der Waals surface area contributed by atoms with Gasteiger partial charge in [0.1, 0.15) is 64.0 Å². The fourth-order valence-corrected chi connectivity index (χ4v) is 15.9. The fourth-order valence-electron chi connectivity index (χ4n) is 15.3. The first kappa shape index (κ1) is 91.3. The third-order valence-electron chi connectivity index (χ3n) is 21.8. The number of pyridine rings is 4. The number of rotatable bonds is 12. The number of hydrogen-bond acceptors (Lipinski definition) is 27. The predicted octanol–water partition coefficient (Wildman–Crippen LogP) is 23.4. The maximum atomic E-state index is 13.2. The zero-order valence-electron chi connectivity index (χ0n) is 74.2. The topological polar surface area (TPSA) is 445 Å². The lowest BCUT2D eigenvalue weighted by Crippen LogP contribution is -1.98. The lowest BCUT2D eigenvalue weighted by atomic mass is 10.0. The van der Waals surface area contributed by atoms with Crippen LogP contribution in [0.1, 0.15) is 11.3 Å². The number of benzene rings is 11. The number of halogens is 3. The SMILES string of the molecule is Cc1ccc(-c2nc(N)cnc2-c2cc(Cl)c3ncccc3c2)o1.N#Cc1cc(-c2ncc(N)nc2-c2ccccc2)ccc1O.Nc1cnc(-c2cc(Cl)c3ncccc3c2)c(-c2ccccc2)n1.Nc1cnc(-c2ccc3ncccc3c2)c(-c2ccc(F)cc2)n1.Nc1cnc(-c2ccc3ncccc3c2)c(-c2ccccc2)n1.Nc1cnc(-c2ccc3nccnc3c2)c(-c2ccccc2)n1. The number of nitriles is 1. The van der Waals surface area contributed by atoms with Gasteiger partial charge in [0.05, 0.1) is 149 Å². The minimum absolute atomic E-state index is 0.0593. The fraction of sp³-hybridized carbons (Fsp3) is 0.00909. The Balaban J connectivity index is 0.000000111. The zero-order chi connectivity index (χ0) is 96.5. The summed E-state index contributed by atoms with van der Waals surface area (Å²) in [5.41, 5.74) is 58.4. The predicted molar refractivity (Wildman–Crippen MR) is 552 cm³/mol. The molecule has 0 amide bonds. The van der Waals surface area contributed by atoms with Crippen LogP contribution in [-0.4, -0.2) is 94.8 Å². The van der Waals surface area contributed by atoms with Gasteiger partial charge in [-0.2, -0.15) is 5.26 Å². The van der Waals surface area contributed by atoms with E-state index in [0.717, 1.165) is 150 Å². The third-order valence-corrected chi connectivity index (χ3v) is 22.4. The van der Waals surface area contributed by atoms with E-state index in [-0.39, 0.29) is 17.1 Å². The lowest BCUT2D eigenvalue weighted by Gasteiger charge is -2.10. The first-order chi connectivity index (χ1) is 68.3. The van der Waals surface area contributed by atoms with Crippen molar-refractivity contribution in [3.05, 3.63) is 405 Å². The highest BCUT2D eigenvalue weighted by molar-refractivity contribution is 6.36. The van der Waals surface area contributed by atoms with Crippen LogP contribution in [0.15, 0.2) is 382 Å². The van der Waals surface area contributed by atoms with E-state index in [9.17, 15) is 9.50 Å². The minimum atomic E-state index is -0.297. The molecular weight excluding hydrogens is 1790 g/mol. The number of aromatic hydroxyl groups is 1. The molecule has 12 heterocycles. The van der Waals surface area contributed by atoms with Gasteiger partial charge in [-0.25, -0.2) is 39.3 Å². The van der Waals surface area contributed by atoms with E-state index in [4.69, 9.17) is 67.3 Å². The molecule has 23 aromatic rings. The third kappa shape index (κ3) is 21.2. The van der Waals surface area contributed by atoms with E-state index in [1.807, 2.05) is 268 Å². The van der Waals surface area contributed by atoms with E-state index in [1.54, 1.807) is 80.0 Å². The van der Waals surface area contributed by atoms with Crippen LogP contribution in [0.5, 0.6) is 5.75 Å². The van der Waals surface area contributed by atoms with Crippen LogP contribution in [0.25, 0.3) is 190 Å². The molecule has 13 N–H and O–H groups in total. The van der Waals surface area contributed by atoms with E-state index in [1.165, 1.54) is 36.8 Å². The molecule has 0 unspecified atom stereocenters. The molecule has 0 aliphatic carbocycles. The maximum absolute atomic E-state index is 13.2. The Morgan fingerprint density at radius 2 is 0.579 bits per heavy atom. The van der Waals surface area contributed by atoms with Crippen molar-refractivity contribution in [2.75, 3.05) is 34.4 Å². The molecule has 11 aromatic carbocycles. The van der Waals surface area contributed by atoms with Gasteiger partial charge in [-0.15, -0.1) is 0 Å². The Morgan fingerprint density at radius 3 is 0.964 bits per heavy atom. The Kier molecular flexibility index (Phi) is 27.3. The van der Waals surface area contributed by atoms with E-state index >= 15 is 0 Å². The van der Waals surface area contributed by atoms with Crippen molar-refractivity contribution in [1.29, 1.82) is 5.26 Å². The van der Waals surface area contributed by atoms with Gasteiger partial charge >= 0.3 is 0 Å². The second kappa shape index (κ2) is 41.9. The molecule has 0 bridgehead atoms. The smallest absolute Gasteiger partial charge is 0.154 e. The summed E-state index contributed by atoms with van der Waals surface area (Å²) in [6.07, 6.45) is 19.6. The van der Waals surface area contributed by atoms with Crippen molar-refractivity contribution in [2.24, 2.45) is 0 Å². The lowest BCUT2D eigenvalue weighted by molar-refractivity contribution is 0.473. The number of aromatic nitrogens is 18. The van der Waals surface area contributed by atoms with Crippen LogP contribution in [0.3, 0.4) is 0 Å². The second-order valence-corrected chi connectivity index (χ2v) is 32.1. The summed E-state index contributed by atoms with van der Waals surface area (Å²) in [4.78, 5) is 79.4. The van der Waals surface area contributed by atoms with Gasteiger partial charge in [0.25, 0.3) is 0 Å². The molecule has 0 saturated heterocycles. The second-order valence-electron chi connectivity index (χ2n) is 31.3. The summed E-state index contributed by atoms with van der Waals surface area (Å²) in [6, 6.07) is 96.9. The van der Waals surface area contributed by atoms with Crippen molar-refractivity contribution in [1.82, 2.24) is 89.7 Å². The number of hydrogen-bond donors (Lipinski definition) is 7. The number of anilines is 6. The van der Waals surface area contributed by atoms with Crippen molar-refractivity contribution in [3.8, 4) is 147 Å². The molecule has 676 valence electrons. The number of aryl methyl sites for hydroxylation is 1. The van der Waals surface area contributed by atoms with E-state index in [0.29, 0.717) is 90.4 Å². The number of nitrogen functional groups attached to an aromatic ring is 6. The van der Waals surface area contributed by atoms with Gasteiger partial charge in [0.15, 0.2) is 5.76 Å². The average molecular weight is 1870 g/mol. The molecule has 12 aromatic heterocycles. The first-order valence-electron chi connectivity index (χ1n) is 43.4. The molecule has 0 fully saturated rings. The average Bonchev–Trinajstić information content (AvgIpc) is 1.22. The Labute approximate surface area is 809 Å². The number of nitrogens with two attached hydrogens (primary N) is 6. The molecule has 27 nitrogen and oxygen atoms in total. The zero-order valence-corrected chi connectivity index (χ0v) is 75.8. The van der Waals surface area contributed by atoms with Gasteiger partial charge in [-0.1, -0.05) is 187 Å². The highest BCUT2D eigenvalue weighted by Crippen LogP contribution is 2.41. The molecule has 30 heteroatoms. The summed E-state index contributed by atoms with van der Waals surface area (Å²) in [7, 11) is 0. The molecule has 0 aliphatic rings. The largest absolute Gasteiger partial charge is 0.507 e. The highest BCUT2D eigenvalue weighted by atomic mass is 35.5. The van der Waals surface area contributed by atoms with Gasteiger partial charge < -0.3 is 43.9 Å². The Hall–Kier alpha value is -19.2. The van der Waals surface area contributed by atoms with Gasteiger partial charge in [0, 0.05) is 120 Å². The number of furan rings is 1. The van der Waals surface area contributed by atoms with Crippen LogP contribution < -0.4 is 34.4 Å². The summed E-state index contributed by atoms with van der Waals surface area (Å²) in [5.74, 6) is 3.21. The molecule has 0 aliphatic heterocycles. The molecule has 0 saturated carbocycles. The quantitative estimate of drug-likeness (QED) is 0.0597. The van der Waals surface area contributed by atoms with E-state index in [2.05, 4.69) is 95.8 Å². The van der Waals surface area contributed by atoms with Gasteiger partial charge in [-0.05, 0) is 146 Å². The van der Waals surface area contributed by atoms with Crippen LogP contribution in [0.4, 0.5) is 39.3 Å². The highest BCUT2D eigenvalue weighted by Gasteiger charge is 2.22. The summed E-state index contributed by atoms with van der Waals surface area (Å²) in [6.45, 7) is 1.88. The Morgan fingerprint density at radius 1 is 0.271 bits per heavy atom. The first-order valence-corrected chi connectivity index (χ1v) is 44.1. The number of nitrogens with zero attached hydrogens (tertiary/aromatic N) is 19. The molecule has 0 radical (unpaired) electrons. The summed E-state index contributed by atoms with van der Waals surface area (Å²) >= 11 is 12.8. The van der Waals surface area contributed by atoms with Crippen LogP contribution in [0, 0.1) is 24.1 Å². The van der Waals surface area contributed by atoms with Crippen molar-refractivity contribution >= 4 is 113 Å². The summed E-state index contributed by atoms with van der Waals surface area (Å²) < 4.78 is 18.9. The van der Waals surface area contributed by atoms with Crippen molar-refractivity contribution in [3.63, 3.8) is 0 Å². The van der Waals surface area contributed by atoms with Crippen molar-refractivity contribution < 1.29 is 13.9 Å². The minimum Gasteiger partial charge on any atom is -0.507 e. The monoisotopic (exact) mass is 1870 g/mol. The number of phenols is 1. The van der Waals surface area contributed by atoms with Crippen LogP contribution in [-0.2, 0) is 0 Å². The molecule has 23 rings (SSSR count). The van der Waals surface area contributed by atoms with Crippen LogP contribution in [0.2, 0.25) is 10.0 Å². The normalized spacial score (nSPS) is 10.8. The maximum Gasteiger partial charge on any atom is 0.154 e. The molecule has 0 atom stereocenters. The molecule has 0 spiro atoms. The summed E-state index contributed by atoms with van der Waals surface area (Å²) in [5, 5.41) is 23.8. The molecule has 140 heavy (non-hydrogen) atoms. The van der Waals surface area contributed by atoms with Crippen LogP contribution >= 0.6 is 23.2 Å². The molecular formula is C110H78Cl2FN25O2. The van der Waals surface area contributed by atoms with Crippen molar-refractivity contribution in [2.45, 2.75) is 6.92 Å². The number of fused-ring (bicyclic) bond motifs is 5. The Bertz CT molecular complexity index is 8340. The van der Waals surface area contributed by atoms with E-state index < -0.39 is 0 Å².